The lowest BCUT2D eigenvalue weighted by Crippen LogP contribution is -2.67. The number of rotatable bonds is 30. The monoisotopic (exact) mass is 1290 g/mol. The lowest BCUT2D eigenvalue weighted by Gasteiger charge is -2.42. The first kappa shape index (κ1) is 66.7. The Morgan fingerprint density at radius 2 is 0.773 bits per heavy atom. The Kier molecular flexibility index (Phi) is 19.8. The van der Waals surface area contributed by atoms with Crippen molar-refractivity contribution in [1.82, 2.24) is 4.48 Å². The quantitative estimate of drug-likeness (QED) is 0.0333. The Balaban J connectivity index is 1.11. The van der Waals surface area contributed by atoms with Gasteiger partial charge < -0.3 is 27.1 Å². The third-order valence-electron chi connectivity index (χ3n) is 23.4. The molecule has 11 aromatic rings. The molecule has 3 aliphatic rings. The smallest absolute Gasteiger partial charge is 0.598 e. The number of benzene rings is 8. The van der Waals surface area contributed by atoms with E-state index in [1.54, 1.807) is 0 Å². The Hall–Kier alpha value is -7.51. The summed E-state index contributed by atoms with van der Waals surface area (Å²) in [6.07, 6.45) is 36.3. The number of hydrogen-bond acceptors (Lipinski definition) is 4. The average Bonchev–Trinajstić information content (AvgIpc) is 1.52. The maximum atomic E-state index is 8.77. The molecule has 0 bridgehead atoms. The second-order valence-corrected chi connectivity index (χ2v) is 29.9. The molecule has 0 saturated carbocycles. The molecule has 97 heavy (non-hydrogen) atoms. The van der Waals surface area contributed by atoms with Crippen molar-refractivity contribution in [1.29, 1.82) is 0 Å². The van der Waals surface area contributed by atoms with Crippen molar-refractivity contribution in [2.45, 2.75) is 269 Å². The molecule has 7 heteroatoms. The molecule has 0 saturated heterocycles. The predicted octanol–water partition coefficient (Wildman–Crippen LogP) is 27.1. The minimum absolute atomic E-state index is 0.729. The lowest BCUT2D eigenvalue weighted by atomic mass is 9.79. The third kappa shape index (κ3) is 11.8. The molecular formula is C90H109BN2O4. The van der Waals surface area contributed by atoms with Crippen LogP contribution in [-0.4, -0.2) is 21.5 Å². The van der Waals surface area contributed by atoms with Gasteiger partial charge in [0.15, 0.2) is 16.9 Å². The van der Waals surface area contributed by atoms with E-state index >= 15 is 0 Å². The Bertz CT molecular complexity index is 4680. The van der Waals surface area contributed by atoms with Gasteiger partial charge in [-0.3, -0.25) is 0 Å². The van der Waals surface area contributed by atoms with Gasteiger partial charge in [0.05, 0.1) is 0 Å². The van der Waals surface area contributed by atoms with Gasteiger partial charge in [-0.25, -0.2) is 0 Å². The lowest BCUT2D eigenvalue weighted by molar-refractivity contribution is -0.372. The zero-order valence-electron chi connectivity index (χ0n) is 61.1. The largest absolute Gasteiger partial charge is 0.780 e. The van der Waals surface area contributed by atoms with Crippen molar-refractivity contribution < 1.29 is 22.6 Å². The number of furan rings is 2. The standard InChI is InChI=1S/C90H109BN2O4/c1-12-18-22-26-30-34-38-63-42-48-71-67(54-63)46-52-77-79(71)81-73-50-44-65(40-36-32-28-24-20-14-3)56-75(73)83-84-76-57-66(41-37-33-29-25-21-15-4)45-51-74(76)82-80-72-49-43-64(39-35-31-27-23-19-13-2)55-68(72)47-53-78(80)95-88(82)90(84)97-91(96-89(83)87(81)94-77)92-61(10)69(16-5)58(7)85(92)60(9)86-59(8)70(17-6)62(11)93(86)91/h42-57H,12-41H2,1-11H3. The summed E-state index contributed by atoms with van der Waals surface area (Å²) in [6, 6.07) is 38.5. The van der Waals surface area contributed by atoms with Crippen LogP contribution < -0.4 is 9.31 Å². The van der Waals surface area contributed by atoms with Crippen molar-refractivity contribution in [3.05, 3.63) is 159 Å². The first-order valence-corrected chi connectivity index (χ1v) is 39.0. The van der Waals surface area contributed by atoms with Crippen LogP contribution in [0.4, 0.5) is 0 Å². The highest BCUT2D eigenvalue weighted by Gasteiger charge is 2.63. The molecule has 0 N–H and O–H groups in total. The molecule has 0 fully saturated rings. The molecule has 0 aliphatic carbocycles. The van der Waals surface area contributed by atoms with Gasteiger partial charge in [-0.1, -0.05) is 255 Å². The second-order valence-electron chi connectivity index (χ2n) is 29.9. The van der Waals surface area contributed by atoms with Gasteiger partial charge in [0.25, 0.3) is 0 Å². The molecule has 3 aliphatic heterocycles. The van der Waals surface area contributed by atoms with Gasteiger partial charge in [0.1, 0.15) is 28.4 Å². The van der Waals surface area contributed by atoms with Crippen molar-refractivity contribution in [2.24, 2.45) is 0 Å². The normalized spacial score (nSPS) is 14.5. The van der Waals surface area contributed by atoms with E-state index in [1.807, 2.05) is 0 Å². The van der Waals surface area contributed by atoms with E-state index in [0.29, 0.717) is 0 Å². The molecule has 506 valence electrons. The van der Waals surface area contributed by atoms with Crippen molar-refractivity contribution in [3.8, 4) is 22.6 Å². The minimum atomic E-state index is -2.81. The number of fused-ring (bicyclic) bond motifs is 25. The second kappa shape index (κ2) is 28.8. The molecular weight excluding hydrogens is 1180 g/mol. The first-order valence-electron chi connectivity index (χ1n) is 39.0. The van der Waals surface area contributed by atoms with Crippen LogP contribution in [0.5, 0.6) is 11.5 Å². The topological polar surface area (TPSA) is 52.7 Å². The molecule has 0 radical (unpaired) electrons. The highest BCUT2D eigenvalue weighted by molar-refractivity contribution is 6.62. The molecule has 0 atom stereocenters. The molecule has 3 aromatic heterocycles. The molecule has 14 rings (SSSR count). The summed E-state index contributed by atoms with van der Waals surface area (Å²) >= 11 is 0. The van der Waals surface area contributed by atoms with Crippen LogP contribution in [0.1, 0.15) is 268 Å². The number of allylic oxidation sites excluding steroid dienone is 3. The molecule has 8 aromatic carbocycles. The van der Waals surface area contributed by atoms with Crippen LogP contribution in [0.2, 0.25) is 0 Å². The summed E-state index contributed by atoms with van der Waals surface area (Å²) in [7, 11) is 0. The highest BCUT2D eigenvalue weighted by Crippen LogP contribution is 2.60. The number of nitrogens with zero attached hydrogens (tertiary/aromatic N) is 2. The third-order valence-corrected chi connectivity index (χ3v) is 23.4. The highest BCUT2D eigenvalue weighted by atomic mass is 16.6. The van der Waals surface area contributed by atoms with Gasteiger partial charge in [-0.15, -0.1) is 0 Å². The zero-order valence-corrected chi connectivity index (χ0v) is 61.1. The van der Waals surface area contributed by atoms with Gasteiger partial charge in [0, 0.05) is 62.0 Å². The van der Waals surface area contributed by atoms with Crippen LogP contribution in [-0.2, 0) is 32.1 Å². The fourth-order valence-electron chi connectivity index (χ4n) is 18.4. The Labute approximate surface area is 579 Å². The van der Waals surface area contributed by atoms with E-state index in [4.69, 9.17) is 18.1 Å². The molecule has 1 spiro atoms. The summed E-state index contributed by atoms with van der Waals surface area (Å²) in [4.78, 5) is 0. The van der Waals surface area contributed by atoms with E-state index in [9.17, 15) is 0 Å². The maximum absolute atomic E-state index is 8.77. The number of aromatic nitrogens is 1. The van der Waals surface area contributed by atoms with Crippen molar-refractivity contribution in [2.75, 3.05) is 0 Å². The van der Waals surface area contributed by atoms with Crippen LogP contribution in [0.25, 0.3) is 104 Å². The summed E-state index contributed by atoms with van der Waals surface area (Å²) < 4.78 is 38.1. The van der Waals surface area contributed by atoms with Crippen molar-refractivity contribution in [3.63, 3.8) is 0 Å². The minimum Gasteiger partial charge on any atom is -0.598 e. The summed E-state index contributed by atoms with van der Waals surface area (Å²) in [5.74, 6) is 1.46. The Morgan fingerprint density at radius 3 is 1.18 bits per heavy atom. The van der Waals surface area contributed by atoms with Crippen LogP contribution in [0.3, 0.4) is 0 Å². The number of unbranched alkanes of at least 4 members (excludes halogenated alkanes) is 20. The maximum Gasteiger partial charge on any atom is 0.780 e. The van der Waals surface area contributed by atoms with Crippen LogP contribution >= 0.6 is 0 Å². The van der Waals surface area contributed by atoms with Gasteiger partial charge in [-0.2, -0.15) is 0 Å². The van der Waals surface area contributed by atoms with E-state index < -0.39 is 6.82 Å². The molecule has 6 heterocycles. The summed E-state index contributed by atoms with van der Waals surface area (Å²) in [6.45, 7) is 22.7. The SMILES string of the molecule is CCCCCCCCc1ccc2c(ccc3oc4c5c(c6cc(CCCCCCCC)ccc6c4c32)-c2c(c3oc4ccc6cc(CCCCCCCC)ccc6c4c3c3ccc(CCCCCCCC)cc23)O[B-]2(O5)n3c(C)c(CC)c(C)c3C(C)=C3C(C)=C(CC)C(C)=[N+]32)c1. The first-order chi connectivity index (χ1) is 47.5. The van der Waals surface area contributed by atoms with E-state index in [-0.39, 0.29) is 0 Å². The predicted molar refractivity (Wildman–Crippen MR) is 417 cm³/mol. The van der Waals surface area contributed by atoms with Crippen LogP contribution in [0, 0.1) is 13.8 Å². The molecule has 0 amide bonds. The van der Waals surface area contributed by atoms with Crippen molar-refractivity contribution >= 4 is 105 Å². The van der Waals surface area contributed by atoms with Gasteiger partial charge >= 0.3 is 6.82 Å². The van der Waals surface area contributed by atoms with E-state index in [1.165, 1.54) is 235 Å². The summed E-state index contributed by atoms with van der Waals surface area (Å²) in [5.41, 5.74) is 21.9. The number of hydrogen-bond donors (Lipinski definition) is 0. The van der Waals surface area contributed by atoms with Gasteiger partial charge in [-0.05, 0) is 186 Å². The number of aryl methyl sites for hydroxylation is 4. The van der Waals surface area contributed by atoms with Crippen LogP contribution in [0.15, 0.2) is 123 Å². The average molecular weight is 1290 g/mol. The van der Waals surface area contributed by atoms with E-state index in [2.05, 4.69) is 182 Å². The fourth-order valence-corrected chi connectivity index (χ4v) is 18.4. The van der Waals surface area contributed by atoms with Gasteiger partial charge in [0.2, 0.25) is 0 Å². The fraction of sp³-hybridized carbons (Fsp3) is 0.456. The zero-order chi connectivity index (χ0) is 67.1. The molecule has 0 unspecified atom stereocenters. The summed E-state index contributed by atoms with van der Waals surface area (Å²) in [5, 5.41) is 14.1. The van der Waals surface area contributed by atoms with E-state index in [0.717, 1.165) is 140 Å². The Morgan fingerprint density at radius 1 is 0.381 bits per heavy atom. The molecule has 6 nitrogen and oxygen atoms in total.